The first kappa shape index (κ1) is 37.0. The summed E-state index contributed by atoms with van der Waals surface area (Å²) in [5.74, 6) is 0. The predicted molar refractivity (Wildman–Crippen MR) is 268 cm³/mol. The molecule has 1 nitrogen and oxygen atoms in total. The molecule has 296 valence electrons. The van der Waals surface area contributed by atoms with E-state index in [0.29, 0.717) is 0 Å². The van der Waals surface area contributed by atoms with E-state index in [4.69, 9.17) is 0 Å². The summed E-state index contributed by atoms with van der Waals surface area (Å²) in [6.45, 7) is 0. The largest absolute Gasteiger partial charge is 0.310 e. The van der Waals surface area contributed by atoms with Crippen LogP contribution in [0.25, 0.3) is 64.7 Å². The fourth-order valence-corrected chi connectivity index (χ4v) is 11.3. The highest BCUT2D eigenvalue weighted by atomic mass is 32.1. The van der Waals surface area contributed by atoms with Crippen molar-refractivity contribution in [1.29, 1.82) is 0 Å². The summed E-state index contributed by atoms with van der Waals surface area (Å²) in [6, 6.07) is 91.4. The van der Waals surface area contributed by atoms with Crippen LogP contribution in [0.2, 0.25) is 0 Å². The van der Waals surface area contributed by atoms with Crippen molar-refractivity contribution in [3.63, 3.8) is 0 Å². The Bertz CT molecular complexity index is 3410. The molecule has 0 saturated carbocycles. The molecule has 0 fully saturated rings. The summed E-state index contributed by atoms with van der Waals surface area (Å²) < 4.78 is 2.58. The van der Waals surface area contributed by atoms with Gasteiger partial charge >= 0.3 is 0 Å². The van der Waals surface area contributed by atoms with Gasteiger partial charge in [0.15, 0.2) is 0 Å². The molecule has 11 aromatic rings. The van der Waals surface area contributed by atoms with Gasteiger partial charge in [-0.05, 0) is 115 Å². The van der Waals surface area contributed by atoms with Gasteiger partial charge < -0.3 is 4.90 Å². The number of hydrogen-bond acceptors (Lipinski definition) is 2. The zero-order chi connectivity index (χ0) is 41.7. The minimum atomic E-state index is -0.527. The summed E-state index contributed by atoms with van der Waals surface area (Å²) >= 11 is 1.87. The summed E-state index contributed by atoms with van der Waals surface area (Å²) in [5.41, 5.74) is 17.9. The van der Waals surface area contributed by atoms with Crippen LogP contribution in [-0.2, 0) is 5.41 Å². The maximum Gasteiger partial charge on any atom is 0.0713 e. The molecule has 0 radical (unpaired) electrons. The fourth-order valence-electron chi connectivity index (χ4n) is 10.2. The normalized spacial score (nSPS) is 14.1. The van der Waals surface area contributed by atoms with Crippen LogP contribution >= 0.6 is 11.3 Å². The molecule has 1 aliphatic carbocycles. The van der Waals surface area contributed by atoms with Gasteiger partial charge in [-0.3, -0.25) is 0 Å². The second kappa shape index (κ2) is 15.3. The monoisotopic (exact) mass is 819 g/mol. The molecule has 0 saturated heterocycles. The standard InChI is InChI=1S/C61H41NS/c1-5-17-42(18-6-1)43-31-35-48(36-32-43)62(50-39-40-57-54(41-50)60-52(27-16-30-58(60)63-57)45-21-9-3-10-22-45)49-37-33-47(34-38-49)61(46-23-11-4-12-24-46)55-28-14-13-25-53(55)59-51(26-15-29-56(59)61)44-19-7-2-8-20-44/h1-41H. The highest BCUT2D eigenvalue weighted by molar-refractivity contribution is 7.26. The molecule has 0 amide bonds. The average Bonchev–Trinajstić information content (AvgIpc) is 3.89. The van der Waals surface area contributed by atoms with Crippen LogP contribution < -0.4 is 4.90 Å². The molecule has 1 atom stereocenters. The minimum absolute atomic E-state index is 0.527. The Kier molecular flexibility index (Phi) is 8.98. The van der Waals surface area contributed by atoms with Crippen LogP contribution in [0.4, 0.5) is 17.1 Å². The third-order valence-corrected chi connectivity index (χ3v) is 14.1. The molecule has 1 unspecified atom stereocenters. The van der Waals surface area contributed by atoms with Gasteiger partial charge in [-0.25, -0.2) is 0 Å². The maximum atomic E-state index is 2.42. The van der Waals surface area contributed by atoms with Gasteiger partial charge in [-0.15, -0.1) is 11.3 Å². The number of thiophene rings is 1. The topological polar surface area (TPSA) is 3.24 Å². The smallest absolute Gasteiger partial charge is 0.0713 e. The summed E-state index contributed by atoms with van der Waals surface area (Å²) in [6.07, 6.45) is 0. The van der Waals surface area contributed by atoms with Crippen molar-refractivity contribution >= 4 is 48.6 Å². The Morgan fingerprint density at radius 1 is 0.317 bits per heavy atom. The lowest BCUT2D eigenvalue weighted by molar-refractivity contribution is 0.768. The second-order valence-electron chi connectivity index (χ2n) is 16.4. The van der Waals surface area contributed by atoms with Gasteiger partial charge in [-0.1, -0.05) is 200 Å². The van der Waals surface area contributed by atoms with Crippen molar-refractivity contribution in [2.75, 3.05) is 4.90 Å². The Labute approximate surface area is 372 Å². The van der Waals surface area contributed by atoms with Gasteiger partial charge in [0, 0.05) is 37.2 Å². The van der Waals surface area contributed by atoms with E-state index in [1.165, 1.54) is 86.9 Å². The van der Waals surface area contributed by atoms with Crippen molar-refractivity contribution in [3.05, 3.63) is 271 Å². The van der Waals surface area contributed by atoms with Gasteiger partial charge in [0.25, 0.3) is 0 Å². The molecule has 1 aromatic heterocycles. The van der Waals surface area contributed by atoms with E-state index in [1.807, 2.05) is 11.3 Å². The zero-order valence-corrected chi connectivity index (χ0v) is 35.3. The van der Waals surface area contributed by atoms with Crippen molar-refractivity contribution in [1.82, 2.24) is 0 Å². The number of nitrogens with zero attached hydrogens (tertiary/aromatic N) is 1. The molecule has 0 spiro atoms. The Morgan fingerprint density at radius 2 is 0.810 bits per heavy atom. The van der Waals surface area contributed by atoms with E-state index >= 15 is 0 Å². The van der Waals surface area contributed by atoms with E-state index in [9.17, 15) is 0 Å². The van der Waals surface area contributed by atoms with E-state index in [1.54, 1.807) is 0 Å². The quantitative estimate of drug-likeness (QED) is 0.148. The van der Waals surface area contributed by atoms with E-state index in [-0.39, 0.29) is 0 Å². The first-order valence-electron chi connectivity index (χ1n) is 21.7. The first-order chi connectivity index (χ1) is 31.3. The Hall–Kier alpha value is -7.78. The second-order valence-corrected chi connectivity index (χ2v) is 17.5. The van der Waals surface area contributed by atoms with E-state index in [0.717, 1.165) is 17.1 Å². The lowest BCUT2D eigenvalue weighted by Gasteiger charge is -2.34. The van der Waals surface area contributed by atoms with E-state index < -0.39 is 5.41 Å². The summed E-state index contributed by atoms with van der Waals surface area (Å²) in [4.78, 5) is 2.42. The van der Waals surface area contributed by atoms with Crippen LogP contribution in [0, 0.1) is 0 Å². The Balaban J connectivity index is 1.05. The lowest BCUT2D eigenvalue weighted by Crippen LogP contribution is -2.28. The first-order valence-corrected chi connectivity index (χ1v) is 22.5. The Morgan fingerprint density at radius 3 is 1.51 bits per heavy atom. The highest BCUT2D eigenvalue weighted by Crippen LogP contribution is 2.58. The fraction of sp³-hybridized carbons (Fsp3) is 0.0164. The SMILES string of the molecule is c1ccc(-c2ccc(N(c3ccc(C4(c5ccccc5)c5ccccc5-c5c(-c6ccccc6)cccc54)cc3)c3ccc4sc5cccc(-c6ccccc6)c5c4c3)cc2)cc1. The molecule has 63 heavy (non-hydrogen) atoms. The van der Waals surface area contributed by atoms with Gasteiger partial charge in [-0.2, -0.15) is 0 Å². The van der Waals surface area contributed by atoms with Crippen LogP contribution in [0.3, 0.4) is 0 Å². The maximum absolute atomic E-state index is 2.42. The van der Waals surface area contributed by atoms with E-state index in [2.05, 4.69) is 254 Å². The van der Waals surface area contributed by atoms with Crippen molar-refractivity contribution in [2.45, 2.75) is 5.41 Å². The third-order valence-electron chi connectivity index (χ3n) is 13.0. The average molecular weight is 820 g/mol. The molecule has 1 heterocycles. The van der Waals surface area contributed by atoms with Crippen LogP contribution in [0.15, 0.2) is 249 Å². The molecular weight excluding hydrogens is 779 g/mol. The third kappa shape index (κ3) is 6.06. The number of fused-ring (bicyclic) bond motifs is 6. The molecule has 0 aliphatic heterocycles. The predicted octanol–water partition coefficient (Wildman–Crippen LogP) is 16.9. The minimum Gasteiger partial charge on any atom is -0.310 e. The molecule has 0 N–H and O–H groups in total. The van der Waals surface area contributed by atoms with Crippen molar-refractivity contribution < 1.29 is 0 Å². The number of rotatable bonds is 8. The van der Waals surface area contributed by atoms with Crippen LogP contribution in [-0.4, -0.2) is 0 Å². The molecule has 1 aliphatic rings. The van der Waals surface area contributed by atoms with Gasteiger partial charge in [0.2, 0.25) is 0 Å². The molecule has 12 rings (SSSR count). The lowest BCUT2D eigenvalue weighted by atomic mass is 9.67. The van der Waals surface area contributed by atoms with Crippen LogP contribution in [0.1, 0.15) is 22.3 Å². The zero-order valence-electron chi connectivity index (χ0n) is 34.5. The number of benzene rings is 10. The van der Waals surface area contributed by atoms with Gasteiger partial charge in [0.1, 0.15) is 0 Å². The summed E-state index contributed by atoms with van der Waals surface area (Å²) in [5, 5.41) is 2.57. The molecule has 2 heteroatoms. The molecule has 10 aromatic carbocycles. The number of anilines is 3. The highest BCUT2D eigenvalue weighted by Gasteiger charge is 2.46. The summed E-state index contributed by atoms with van der Waals surface area (Å²) in [7, 11) is 0. The van der Waals surface area contributed by atoms with Gasteiger partial charge in [0.05, 0.1) is 5.41 Å². The molecule has 0 bridgehead atoms. The molecular formula is C61H41NS. The van der Waals surface area contributed by atoms with Crippen LogP contribution in [0.5, 0.6) is 0 Å². The van der Waals surface area contributed by atoms with Crippen molar-refractivity contribution in [2.24, 2.45) is 0 Å². The number of hydrogen-bond donors (Lipinski definition) is 0. The van der Waals surface area contributed by atoms with Crippen molar-refractivity contribution in [3.8, 4) is 44.5 Å².